The molecule has 0 unspecified atom stereocenters. The van der Waals surface area contributed by atoms with Gasteiger partial charge in [-0.2, -0.15) is 0 Å². The predicted octanol–water partition coefficient (Wildman–Crippen LogP) is 5.00. The number of hydrogen-bond donors (Lipinski definition) is 0. The largest absolute Gasteiger partial charge is 0.460 e. The minimum atomic E-state index is -1.95. The topological polar surface area (TPSA) is 74.2 Å². The Bertz CT molecular complexity index is 774. The second kappa shape index (κ2) is 9.27. The highest BCUT2D eigenvalue weighted by molar-refractivity contribution is 6.67. The van der Waals surface area contributed by atoms with Gasteiger partial charge in [0.05, 0.1) is 12.2 Å². The quantitative estimate of drug-likeness (QED) is 0.331. The van der Waals surface area contributed by atoms with Crippen molar-refractivity contribution in [1.82, 2.24) is 15.0 Å². The summed E-state index contributed by atoms with van der Waals surface area (Å²) < 4.78 is 5.95. The number of aromatic nitrogens is 3. The molecule has 0 saturated carbocycles. The van der Waals surface area contributed by atoms with Gasteiger partial charge >= 0.3 is 5.97 Å². The van der Waals surface area contributed by atoms with Crippen molar-refractivity contribution in [1.29, 1.82) is 0 Å². The van der Waals surface area contributed by atoms with Crippen LogP contribution < -0.4 is 0 Å². The monoisotopic (exact) mass is 491 g/mol. The molecule has 27 heavy (non-hydrogen) atoms. The first-order valence-electron chi connectivity index (χ1n) is 7.19. The molecule has 0 saturated heterocycles. The first kappa shape index (κ1) is 22.7. The number of ether oxygens (including phenoxy) is 2. The number of halogens is 6. The Morgan fingerprint density at radius 1 is 0.889 bits per heavy atom. The zero-order valence-electron chi connectivity index (χ0n) is 13.6. The van der Waals surface area contributed by atoms with E-state index >= 15 is 0 Å². The lowest BCUT2D eigenvalue weighted by Crippen LogP contribution is -2.16. The molecule has 0 N–H and O–H groups in total. The van der Waals surface area contributed by atoms with Crippen molar-refractivity contribution >= 4 is 75.6 Å². The Morgan fingerprint density at radius 2 is 1.41 bits per heavy atom. The van der Waals surface area contributed by atoms with Crippen LogP contribution in [0.5, 0.6) is 0 Å². The van der Waals surface area contributed by atoms with Gasteiger partial charge in [-0.1, -0.05) is 81.7 Å². The number of carbonyl (C=O) groups is 1. The smallest absolute Gasteiger partial charge is 0.338 e. The third kappa shape index (κ3) is 6.46. The summed E-state index contributed by atoms with van der Waals surface area (Å²) in [5.74, 6) is -0.811. The molecule has 0 radical (unpaired) electrons. The molecule has 1 heterocycles. The Hall–Kier alpha value is -0.600. The van der Waals surface area contributed by atoms with Gasteiger partial charge in [0.25, 0.3) is 0 Å². The molecule has 0 bridgehead atoms. The summed E-state index contributed by atoms with van der Waals surface area (Å²) >= 11 is 35.1. The first-order valence-corrected chi connectivity index (χ1v) is 9.46. The molecular formula is C15H11Cl6N3O3. The number of nitrogens with zero attached hydrogens (tertiary/aromatic N) is 3. The summed E-state index contributed by atoms with van der Waals surface area (Å²) in [5.41, 5.74) is 0.809. The van der Waals surface area contributed by atoms with E-state index in [0.717, 1.165) is 0 Å². The second-order valence-electron chi connectivity index (χ2n) is 5.01. The number of hydrogen-bond acceptors (Lipinski definition) is 6. The van der Waals surface area contributed by atoms with Crippen LogP contribution in [0.2, 0.25) is 0 Å². The van der Waals surface area contributed by atoms with Gasteiger partial charge in [0.15, 0.2) is 17.5 Å². The van der Waals surface area contributed by atoms with E-state index in [4.69, 9.17) is 79.1 Å². The molecule has 12 heteroatoms. The van der Waals surface area contributed by atoms with Crippen LogP contribution in [-0.2, 0) is 17.1 Å². The molecule has 1 aromatic carbocycles. The van der Waals surface area contributed by atoms with Crippen LogP contribution >= 0.6 is 69.6 Å². The van der Waals surface area contributed by atoms with Crippen molar-refractivity contribution in [3.05, 3.63) is 41.5 Å². The fourth-order valence-corrected chi connectivity index (χ4v) is 2.32. The molecule has 0 aliphatic rings. The summed E-state index contributed by atoms with van der Waals surface area (Å²) in [5, 5.41) is 0. The Labute approximate surface area is 185 Å². The van der Waals surface area contributed by atoms with E-state index in [1.165, 1.54) is 19.2 Å². The average Bonchev–Trinajstić information content (AvgIpc) is 2.60. The van der Waals surface area contributed by atoms with E-state index in [0.29, 0.717) is 17.7 Å². The van der Waals surface area contributed by atoms with Crippen molar-refractivity contribution in [3.8, 4) is 11.4 Å². The first-order chi connectivity index (χ1) is 12.5. The van der Waals surface area contributed by atoms with Crippen LogP contribution in [0.4, 0.5) is 0 Å². The van der Waals surface area contributed by atoms with Gasteiger partial charge in [-0.05, 0) is 12.1 Å². The number of benzene rings is 1. The minimum absolute atomic E-state index is 0.104. The number of carbonyl (C=O) groups excluding carboxylic acids is 1. The standard InChI is InChI=1S/C15H11Cl6N3O3/c1-26-6-7-27-11(25)9-4-2-8(3-5-9)10-22-12(14(16,17)18)24-13(23-10)15(19,20)21/h2-5H,6-7H2,1H3. The highest BCUT2D eigenvalue weighted by Gasteiger charge is 2.34. The van der Waals surface area contributed by atoms with Gasteiger partial charge in [-0.3, -0.25) is 0 Å². The molecule has 0 amide bonds. The molecule has 0 aliphatic carbocycles. The van der Waals surface area contributed by atoms with Gasteiger partial charge in [-0.15, -0.1) is 0 Å². The van der Waals surface area contributed by atoms with E-state index in [1.807, 2.05) is 0 Å². The van der Waals surface area contributed by atoms with Crippen molar-refractivity contribution in [2.75, 3.05) is 20.3 Å². The van der Waals surface area contributed by atoms with Crippen LogP contribution in [0.3, 0.4) is 0 Å². The van der Waals surface area contributed by atoms with Crippen LogP contribution in [0.25, 0.3) is 11.4 Å². The lowest BCUT2D eigenvalue weighted by atomic mass is 10.1. The molecule has 0 fully saturated rings. The third-order valence-electron chi connectivity index (χ3n) is 3.04. The van der Waals surface area contributed by atoms with Gasteiger partial charge in [0, 0.05) is 12.7 Å². The van der Waals surface area contributed by atoms with E-state index < -0.39 is 13.6 Å². The van der Waals surface area contributed by atoms with Crippen LogP contribution in [0.15, 0.2) is 24.3 Å². The molecule has 0 atom stereocenters. The van der Waals surface area contributed by atoms with Crippen LogP contribution in [0, 0.1) is 0 Å². The highest BCUT2D eigenvalue weighted by atomic mass is 35.6. The van der Waals surface area contributed by atoms with E-state index in [9.17, 15) is 4.79 Å². The van der Waals surface area contributed by atoms with Gasteiger partial charge in [0.1, 0.15) is 6.61 Å². The summed E-state index contributed by atoms with van der Waals surface area (Å²) in [6.45, 7) is 0.443. The molecule has 6 nitrogen and oxygen atoms in total. The van der Waals surface area contributed by atoms with Gasteiger partial charge in [0.2, 0.25) is 7.59 Å². The third-order valence-corrected chi connectivity index (χ3v) is 4.06. The molecule has 0 spiro atoms. The maximum Gasteiger partial charge on any atom is 0.338 e. The number of esters is 1. The lowest BCUT2D eigenvalue weighted by Gasteiger charge is -2.15. The summed E-state index contributed by atoms with van der Waals surface area (Å²) in [6.07, 6.45) is 0. The average molecular weight is 494 g/mol. The number of methoxy groups -OCH3 is 1. The van der Waals surface area contributed by atoms with Crippen LogP contribution in [-0.4, -0.2) is 41.2 Å². The van der Waals surface area contributed by atoms with Gasteiger partial charge in [-0.25, -0.2) is 19.7 Å². The molecule has 146 valence electrons. The minimum Gasteiger partial charge on any atom is -0.460 e. The summed E-state index contributed by atoms with van der Waals surface area (Å²) in [7, 11) is 1.51. The van der Waals surface area contributed by atoms with Gasteiger partial charge < -0.3 is 9.47 Å². The van der Waals surface area contributed by atoms with Crippen molar-refractivity contribution < 1.29 is 14.3 Å². The Morgan fingerprint density at radius 3 is 1.85 bits per heavy atom. The fraction of sp³-hybridized carbons (Fsp3) is 0.333. The van der Waals surface area contributed by atoms with Crippen molar-refractivity contribution in [2.24, 2.45) is 0 Å². The van der Waals surface area contributed by atoms with E-state index in [2.05, 4.69) is 15.0 Å². The number of rotatable bonds is 5. The summed E-state index contributed by atoms with van der Waals surface area (Å²) in [6, 6.07) is 6.20. The summed E-state index contributed by atoms with van der Waals surface area (Å²) in [4.78, 5) is 24.0. The van der Waals surface area contributed by atoms with Crippen LogP contribution in [0.1, 0.15) is 22.0 Å². The molecule has 2 rings (SSSR count). The fourth-order valence-electron chi connectivity index (χ4n) is 1.81. The second-order valence-corrected chi connectivity index (χ2v) is 9.57. The zero-order valence-corrected chi connectivity index (χ0v) is 18.1. The maximum absolute atomic E-state index is 11.9. The Kier molecular flexibility index (Phi) is 7.78. The predicted molar refractivity (Wildman–Crippen MR) is 106 cm³/mol. The molecular weight excluding hydrogens is 483 g/mol. The maximum atomic E-state index is 11.9. The lowest BCUT2D eigenvalue weighted by molar-refractivity contribution is 0.0388. The Balaban J connectivity index is 2.36. The molecule has 1 aromatic heterocycles. The van der Waals surface area contributed by atoms with Crippen molar-refractivity contribution in [3.63, 3.8) is 0 Å². The molecule has 0 aliphatic heterocycles. The van der Waals surface area contributed by atoms with Crippen molar-refractivity contribution in [2.45, 2.75) is 7.59 Å². The normalized spacial score (nSPS) is 12.1. The molecule has 2 aromatic rings. The highest BCUT2D eigenvalue weighted by Crippen LogP contribution is 2.40. The van der Waals surface area contributed by atoms with E-state index in [-0.39, 0.29) is 24.1 Å². The SMILES string of the molecule is COCCOC(=O)c1ccc(-c2nc(C(Cl)(Cl)Cl)nc(C(Cl)(Cl)Cl)n2)cc1. The van der Waals surface area contributed by atoms with E-state index in [1.54, 1.807) is 12.1 Å². The number of alkyl halides is 6. The zero-order chi connectivity index (χ0) is 20.2.